The van der Waals surface area contributed by atoms with E-state index in [1.165, 1.54) is 0 Å². The Morgan fingerprint density at radius 3 is 1.69 bits per heavy atom. The zero-order valence-electron chi connectivity index (χ0n) is 9.83. The van der Waals surface area contributed by atoms with Crippen LogP contribution in [0.25, 0.3) is 0 Å². The molecule has 0 aliphatic heterocycles. The van der Waals surface area contributed by atoms with Gasteiger partial charge in [-0.2, -0.15) is 0 Å². The standard InChI is InChI=1S/C11H19FO4/c1-3-15-10(13)7-5-9(12)6-8-11(14)16-4-2/h9H,3-8H2,1-2H3. The molecule has 0 rings (SSSR count). The van der Waals surface area contributed by atoms with E-state index in [0.717, 1.165) is 0 Å². The van der Waals surface area contributed by atoms with Crippen LogP contribution in [-0.4, -0.2) is 31.3 Å². The smallest absolute Gasteiger partial charge is 0.305 e. The molecule has 0 aromatic rings. The summed E-state index contributed by atoms with van der Waals surface area (Å²) in [5.74, 6) is -0.803. The molecule has 0 radical (unpaired) electrons. The second kappa shape index (κ2) is 9.12. The molecule has 0 aliphatic rings. The number of hydrogen-bond acceptors (Lipinski definition) is 4. The van der Waals surface area contributed by atoms with Crippen LogP contribution in [0.3, 0.4) is 0 Å². The van der Waals surface area contributed by atoms with Crippen LogP contribution < -0.4 is 0 Å². The Kier molecular flexibility index (Phi) is 8.48. The summed E-state index contributed by atoms with van der Waals surface area (Å²) in [6.07, 6.45) is -0.861. The normalized spacial score (nSPS) is 10.2. The number of halogens is 1. The van der Waals surface area contributed by atoms with Crippen molar-refractivity contribution in [3.05, 3.63) is 0 Å². The summed E-state index contributed by atoms with van der Waals surface area (Å²) < 4.78 is 22.5. The fourth-order valence-corrected chi connectivity index (χ4v) is 1.16. The van der Waals surface area contributed by atoms with E-state index in [1.807, 2.05) is 0 Å². The van der Waals surface area contributed by atoms with Crippen molar-refractivity contribution in [2.24, 2.45) is 0 Å². The lowest BCUT2D eigenvalue weighted by atomic mass is 10.1. The van der Waals surface area contributed by atoms with Crippen LogP contribution in [0.2, 0.25) is 0 Å². The minimum absolute atomic E-state index is 0.0534. The number of carbonyl (C=O) groups is 2. The lowest BCUT2D eigenvalue weighted by Gasteiger charge is -2.07. The van der Waals surface area contributed by atoms with Gasteiger partial charge in [0.15, 0.2) is 0 Å². The Balaban J connectivity index is 3.54. The van der Waals surface area contributed by atoms with Crippen molar-refractivity contribution in [1.82, 2.24) is 0 Å². The van der Waals surface area contributed by atoms with Crippen LogP contribution in [0, 0.1) is 0 Å². The van der Waals surface area contributed by atoms with Gasteiger partial charge in [0.1, 0.15) is 6.17 Å². The van der Waals surface area contributed by atoms with Gasteiger partial charge in [-0.3, -0.25) is 9.59 Å². The summed E-state index contributed by atoms with van der Waals surface area (Å²) in [5, 5.41) is 0. The first-order chi connectivity index (χ1) is 7.60. The first kappa shape index (κ1) is 14.9. The zero-order valence-corrected chi connectivity index (χ0v) is 9.83. The molecule has 0 aliphatic carbocycles. The molecule has 5 heteroatoms. The van der Waals surface area contributed by atoms with Gasteiger partial charge in [0.05, 0.1) is 13.2 Å². The van der Waals surface area contributed by atoms with Crippen LogP contribution in [0.15, 0.2) is 0 Å². The molecule has 0 aromatic carbocycles. The SMILES string of the molecule is CCOC(=O)CCC(F)CCC(=O)OCC. The van der Waals surface area contributed by atoms with Crippen LogP contribution in [0.4, 0.5) is 4.39 Å². The van der Waals surface area contributed by atoms with Crippen LogP contribution >= 0.6 is 0 Å². The number of rotatable bonds is 8. The predicted octanol–water partition coefficient (Wildman–Crippen LogP) is 2.01. The van der Waals surface area contributed by atoms with Gasteiger partial charge in [0, 0.05) is 12.8 Å². The minimum atomic E-state index is -1.16. The summed E-state index contributed by atoms with van der Waals surface area (Å²) in [6, 6.07) is 0. The number of alkyl halides is 1. The van der Waals surface area contributed by atoms with Crippen LogP contribution in [0.5, 0.6) is 0 Å². The van der Waals surface area contributed by atoms with E-state index in [1.54, 1.807) is 13.8 Å². The largest absolute Gasteiger partial charge is 0.466 e. The second-order valence-electron chi connectivity index (χ2n) is 3.28. The monoisotopic (exact) mass is 234 g/mol. The van der Waals surface area contributed by atoms with Gasteiger partial charge in [-0.05, 0) is 26.7 Å². The van der Waals surface area contributed by atoms with E-state index in [-0.39, 0.29) is 25.7 Å². The number of ether oxygens (including phenoxy) is 2. The van der Waals surface area contributed by atoms with Crippen LogP contribution in [0.1, 0.15) is 39.5 Å². The van der Waals surface area contributed by atoms with Crippen molar-refractivity contribution in [3.8, 4) is 0 Å². The number of esters is 2. The lowest BCUT2D eigenvalue weighted by molar-refractivity contribution is -0.143. The van der Waals surface area contributed by atoms with Gasteiger partial charge in [0.25, 0.3) is 0 Å². The molecule has 0 amide bonds. The third-order valence-corrected chi connectivity index (χ3v) is 1.93. The number of carbonyl (C=O) groups excluding carboxylic acids is 2. The lowest BCUT2D eigenvalue weighted by Crippen LogP contribution is -2.11. The molecule has 16 heavy (non-hydrogen) atoms. The molecule has 94 valence electrons. The van der Waals surface area contributed by atoms with Crippen molar-refractivity contribution in [2.75, 3.05) is 13.2 Å². The highest BCUT2D eigenvalue weighted by molar-refractivity contribution is 5.70. The van der Waals surface area contributed by atoms with Crippen molar-refractivity contribution >= 4 is 11.9 Å². The molecule has 0 spiro atoms. The summed E-state index contributed by atoms with van der Waals surface area (Å²) in [5.41, 5.74) is 0. The third kappa shape index (κ3) is 8.20. The fourth-order valence-electron chi connectivity index (χ4n) is 1.16. The molecule has 0 atom stereocenters. The summed E-state index contributed by atoms with van der Waals surface area (Å²) in [4.78, 5) is 21.8. The molecule has 4 nitrogen and oxygen atoms in total. The Morgan fingerprint density at radius 2 is 1.38 bits per heavy atom. The molecule has 0 aromatic heterocycles. The topological polar surface area (TPSA) is 52.6 Å². The van der Waals surface area contributed by atoms with Crippen LogP contribution in [-0.2, 0) is 19.1 Å². The van der Waals surface area contributed by atoms with Crippen molar-refractivity contribution in [3.63, 3.8) is 0 Å². The van der Waals surface area contributed by atoms with Crippen molar-refractivity contribution < 1.29 is 23.5 Å². The highest BCUT2D eigenvalue weighted by Crippen LogP contribution is 2.10. The van der Waals surface area contributed by atoms with Gasteiger partial charge in [0.2, 0.25) is 0 Å². The fraction of sp³-hybridized carbons (Fsp3) is 0.818. The van der Waals surface area contributed by atoms with Crippen molar-refractivity contribution in [2.45, 2.75) is 45.7 Å². The van der Waals surface area contributed by atoms with Gasteiger partial charge in [-0.15, -0.1) is 0 Å². The molecular formula is C11H19FO4. The number of hydrogen-bond donors (Lipinski definition) is 0. The Hall–Kier alpha value is -1.13. The average molecular weight is 234 g/mol. The first-order valence-corrected chi connectivity index (χ1v) is 5.55. The molecule has 0 N–H and O–H groups in total. The van der Waals surface area contributed by atoms with E-state index < -0.39 is 18.1 Å². The summed E-state index contributed by atoms with van der Waals surface area (Å²) in [6.45, 7) is 4.01. The molecule has 0 fully saturated rings. The molecule has 0 bridgehead atoms. The Bertz CT molecular complexity index is 196. The first-order valence-electron chi connectivity index (χ1n) is 5.55. The zero-order chi connectivity index (χ0) is 12.4. The molecular weight excluding hydrogens is 215 g/mol. The highest BCUT2D eigenvalue weighted by atomic mass is 19.1. The molecule has 0 unspecified atom stereocenters. The molecule has 0 saturated carbocycles. The van der Waals surface area contributed by atoms with Gasteiger partial charge in [-0.1, -0.05) is 0 Å². The maximum absolute atomic E-state index is 13.2. The van der Waals surface area contributed by atoms with E-state index in [9.17, 15) is 14.0 Å². The minimum Gasteiger partial charge on any atom is -0.466 e. The van der Waals surface area contributed by atoms with E-state index in [4.69, 9.17) is 0 Å². The third-order valence-electron chi connectivity index (χ3n) is 1.93. The summed E-state index contributed by atoms with van der Waals surface area (Å²) in [7, 11) is 0. The second-order valence-corrected chi connectivity index (χ2v) is 3.28. The van der Waals surface area contributed by atoms with Gasteiger partial charge in [-0.25, -0.2) is 4.39 Å². The molecule has 0 saturated heterocycles. The molecule has 0 heterocycles. The maximum Gasteiger partial charge on any atom is 0.305 e. The average Bonchev–Trinajstić information content (AvgIpc) is 2.24. The predicted molar refractivity (Wildman–Crippen MR) is 56.6 cm³/mol. The van der Waals surface area contributed by atoms with E-state index in [2.05, 4.69) is 9.47 Å². The van der Waals surface area contributed by atoms with E-state index in [0.29, 0.717) is 13.2 Å². The highest BCUT2D eigenvalue weighted by Gasteiger charge is 2.13. The Morgan fingerprint density at radius 1 is 1.00 bits per heavy atom. The maximum atomic E-state index is 13.2. The van der Waals surface area contributed by atoms with Gasteiger partial charge < -0.3 is 9.47 Å². The van der Waals surface area contributed by atoms with Gasteiger partial charge >= 0.3 is 11.9 Å². The van der Waals surface area contributed by atoms with E-state index >= 15 is 0 Å². The Labute approximate surface area is 95.1 Å². The quantitative estimate of drug-likeness (QED) is 0.603. The summed E-state index contributed by atoms with van der Waals surface area (Å²) >= 11 is 0. The van der Waals surface area contributed by atoms with Crippen molar-refractivity contribution in [1.29, 1.82) is 0 Å².